The van der Waals surface area contributed by atoms with Crippen LogP contribution in [0.4, 0.5) is 0 Å². The first kappa shape index (κ1) is 14.2. The molecular weight excluding hydrogens is 216 g/mol. The van der Waals surface area contributed by atoms with Crippen molar-refractivity contribution < 1.29 is 8.42 Å². The predicted molar refractivity (Wildman–Crippen MR) is 62.5 cm³/mol. The summed E-state index contributed by atoms with van der Waals surface area (Å²) in [5, 5.41) is 5.90. The Hall–Kier alpha value is -0.820. The van der Waals surface area contributed by atoms with Crippen molar-refractivity contribution in [3.63, 3.8) is 0 Å². The molecule has 0 aliphatic carbocycles. The zero-order valence-corrected chi connectivity index (χ0v) is 10.3. The molecule has 0 aromatic carbocycles. The van der Waals surface area contributed by atoms with Crippen molar-refractivity contribution in [2.45, 2.75) is 13.3 Å². The molecule has 0 aromatic heterocycles. The Morgan fingerprint density at radius 2 is 2.00 bits per heavy atom. The second-order valence-electron chi connectivity index (χ2n) is 2.90. The molecule has 7 heteroatoms. The molecule has 90 valence electrons. The second kappa shape index (κ2) is 7.47. The molecule has 0 amide bonds. The maximum Gasteiger partial charge on any atom is 0.211 e. The second-order valence-corrected chi connectivity index (χ2v) is 5.00. The molecular formula is C8H20N4O2S. The Morgan fingerprint density at radius 1 is 1.33 bits per heavy atom. The van der Waals surface area contributed by atoms with Crippen molar-refractivity contribution in [2.24, 2.45) is 4.99 Å². The molecule has 0 unspecified atom stereocenters. The van der Waals surface area contributed by atoms with Gasteiger partial charge in [-0.2, -0.15) is 0 Å². The van der Waals surface area contributed by atoms with Crippen LogP contribution in [0.3, 0.4) is 0 Å². The van der Waals surface area contributed by atoms with Gasteiger partial charge in [0.15, 0.2) is 5.96 Å². The Bertz CT molecular complexity index is 287. The molecule has 0 atom stereocenters. The number of sulfonamides is 1. The highest BCUT2D eigenvalue weighted by Gasteiger charge is 2.03. The quantitative estimate of drug-likeness (QED) is 0.317. The molecule has 0 saturated carbocycles. The summed E-state index contributed by atoms with van der Waals surface area (Å²) < 4.78 is 24.6. The van der Waals surface area contributed by atoms with Crippen molar-refractivity contribution in [1.29, 1.82) is 0 Å². The predicted octanol–water partition coefficient (Wildman–Crippen LogP) is -0.889. The van der Waals surface area contributed by atoms with Crippen LogP contribution in [-0.4, -0.2) is 47.3 Å². The van der Waals surface area contributed by atoms with E-state index >= 15 is 0 Å². The largest absolute Gasteiger partial charge is 0.359 e. The Labute approximate surface area is 91.6 Å². The molecule has 0 spiro atoms. The summed E-state index contributed by atoms with van der Waals surface area (Å²) in [6.07, 6.45) is 0.722. The lowest BCUT2D eigenvalue weighted by molar-refractivity contribution is 0.579. The monoisotopic (exact) mass is 236 g/mol. The summed E-state index contributed by atoms with van der Waals surface area (Å²) >= 11 is 0. The lowest BCUT2D eigenvalue weighted by atomic mass is 10.4. The SMILES string of the molecule is CCS(=O)(=O)NCCCNC(=NC)NC. The van der Waals surface area contributed by atoms with Crippen LogP contribution < -0.4 is 15.4 Å². The van der Waals surface area contributed by atoms with Crippen LogP contribution in [0.25, 0.3) is 0 Å². The molecule has 3 N–H and O–H groups in total. The highest BCUT2D eigenvalue weighted by molar-refractivity contribution is 7.89. The van der Waals surface area contributed by atoms with Crippen molar-refractivity contribution in [1.82, 2.24) is 15.4 Å². The van der Waals surface area contributed by atoms with Crippen molar-refractivity contribution in [2.75, 3.05) is 32.9 Å². The minimum Gasteiger partial charge on any atom is -0.359 e. The third-order valence-electron chi connectivity index (χ3n) is 1.81. The van der Waals surface area contributed by atoms with E-state index in [1.54, 1.807) is 21.0 Å². The van der Waals surface area contributed by atoms with E-state index in [0.29, 0.717) is 19.0 Å². The fourth-order valence-corrected chi connectivity index (χ4v) is 1.56. The van der Waals surface area contributed by atoms with Crippen LogP contribution in [0.1, 0.15) is 13.3 Å². The molecule has 0 aliphatic heterocycles. The third kappa shape index (κ3) is 7.15. The van der Waals surface area contributed by atoms with Crippen molar-refractivity contribution >= 4 is 16.0 Å². The van der Waals surface area contributed by atoms with Gasteiger partial charge in [0.05, 0.1) is 5.75 Å². The number of nitrogens with one attached hydrogen (secondary N) is 3. The fraction of sp³-hybridized carbons (Fsp3) is 0.875. The zero-order valence-electron chi connectivity index (χ0n) is 9.50. The topological polar surface area (TPSA) is 82.6 Å². The molecule has 0 fully saturated rings. The summed E-state index contributed by atoms with van der Waals surface area (Å²) in [4.78, 5) is 3.92. The molecule has 15 heavy (non-hydrogen) atoms. The van der Waals surface area contributed by atoms with E-state index in [-0.39, 0.29) is 5.75 Å². The van der Waals surface area contributed by atoms with E-state index in [9.17, 15) is 8.42 Å². The number of guanidine groups is 1. The van der Waals surface area contributed by atoms with Gasteiger partial charge in [0.2, 0.25) is 10.0 Å². The normalized spacial score (nSPS) is 12.6. The van der Waals surface area contributed by atoms with Gasteiger partial charge < -0.3 is 10.6 Å². The molecule has 0 saturated heterocycles. The smallest absolute Gasteiger partial charge is 0.211 e. The third-order valence-corrected chi connectivity index (χ3v) is 3.21. The van der Waals surface area contributed by atoms with Gasteiger partial charge in [-0.15, -0.1) is 0 Å². The van der Waals surface area contributed by atoms with Gasteiger partial charge in [-0.3, -0.25) is 4.99 Å². The molecule has 6 nitrogen and oxygen atoms in total. The van der Waals surface area contributed by atoms with Crippen molar-refractivity contribution in [3.8, 4) is 0 Å². The first-order chi connectivity index (χ1) is 7.05. The van der Waals surface area contributed by atoms with E-state index in [1.165, 1.54) is 0 Å². The Balaban J connectivity index is 3.57. The lowest BCUT2D eigenvalue weighted by Crippen LogP contribution is -2.36. The van der Waals surface area contributed by atoms with Crippen LogP contribution in [-0.2, 0) is 10.0 Å². The number of hydrogen-bond acceptors (Lipinski definition) is 3. The highest BCUT2D eigenvalue weighted by Crippen LogP contribution is 1.83. The lowest BCUT2D eigenvalue weighted by Gasteiger charge is -2.08. The summed E-state index contributed by atoms with van der Waals surface area (Å²) in [6.45, 7) is 2.74. The van der Waals surface area contributed by atoms with Crippen LogP contribution in [0.15, 0.2) is 4.99 Å². The maximum atomic E-state index is 11.0. The number of nitrogens with zero attached hydrogens (tertiary/aromatic N) is 1. The molecule has 0 radical (unpaired) electrons. The van der Waals surface area contributed by atoms with Crippen LogP contribution >= 0.6 is 0 Å². The molecule has 0 aromatic rings. The number of aliphatic imine (C=N–C) groups is 1. The van der Waals surface area contributed by atoms with Crippen LogP contribution in [0.5, 0.6) is 0 Å². The van der Waals surface area contributed by atoms with Gasteiger partial charge >= 0.3 is 0 Å². The summed E-state index contributed by atoms with van der Waals surface area (Å²) in [6, 6.07) is 0. The van der Waals surface area contributed by atoms with Gasteiger partial charge in [0, 0.05) is 27.2 Å². The van der Waals surface area contributed by atoms with Crippen molar-refractivity contribution in [3.05, 3.63) is 0 Å². The van der Waals surface area contributed by atoms with Gasteiger partial charge in [-0.1, -0.05) is 0 Å². The average Bonchev–Trinajstić information content (AvgIpc) is 2.23. The van der Waals surface area contributed by atoms with E-state index in [0.717, 1.165) is 6.42 Å². The molecule has 0 aliphatic rings. The average molecular weight is 236 g/mol. The standard InChI is InChI=1S/C8H20N4O2S/c1-4-15(13,14)12-7-5-6-11-8(9-2)10-3/h12H,4-7H2,1-3H3,(H2,9,10,11). The maximum absolute atomic E-state index is 11.0. The first-order valence-corrected chi connectivity index (χ1v) is 6.56. The highest BCUT2D eigenvalue weighted by atomic mass is 32.2. The van der Waals surface area contributed by atoms with Gasteiger partial charge in [-0.25, -0.2) is 13.1 Å². The molecule has 0 heterocycles. The van der Waals surface area contributed by atoms with E-state index < -0.39 is 10.0 Å². The summed E-state index contributed by atoms with van der Waals surface area (Å²) in [5.41, 5.74) is 0. The van der Waals surface area contributed by atoms with E-state index in [4.69, 9.17) is 0 Å². The zero-order chi connectivity index (χ0) is 11.7. The van der Waals surface area contributed by atoms with Gasteiger partial charge in [0.1, 0.15) is 0 Å². The summed E-state index contributed by atoms with van der Waals surface area (Å²) in [5.74, 6) is 0.826. The van der Waals surface area contributed by atoms with Gasteiger partial charge in [0.25, 0.3) is 0 Å². The minimum atomic E-state index is -3.05. The number of rotatable bonds is 6. The number of hydrogen-bond donors (Lipinski definition) is 3. The molecule has 0 bridgehead atoms. The fourth-order valence-electron chi connectivity index (χ4n) is 0.904. The summed E-state index contributed by atoms with van der Waals surface area (Å²) in [7, 11) is 0.397. The minimum absolute atomic E-state index is 0.124. The molecule has 0 rings (SSSR count). The first-order valence-electron chi connectivity index (χ1n) is 4.91. The van der Waals surface area contributed by atoms with Gasteiger partial charge in [-0.05, 0) is 13.3 Å². The Morgan fingerprint density at radius 3 is 2.47 bits per heavy atom. The van der Waals surface area contributed by atoms with Crippen LogP contribution in [0, 0.1) is 0 Å². The Kier molecular flexibility index (Phi) is 7.06. The van der Waals surface area contributed by atoms with E-state index in [1.807, 2.05) is 0 Å². The van der Waals surface area contributed by atoms with E-state index in [2.05, 4.69) is 20.3 Å². The van der Waals surface area contributed by atoms with Crippen LogP contribution in [0.2, 0.25) is 0 Å².